The first-order chi connectivity index (χ1) is 11.6. The molecule has 1 unspecified atom stereocenters. The zero-order valence-corrected chi connectivity index (χ0v) is 13.1. The SMILES string of the molecule is CC(CCOc1ccc(Oc2ccc3ncoc3c2)cc1)C(=O)O. The second-order valence-corrected chi connectivity index (χ2v) is 5.43. The van der Waals surface area contributed by atoms with Crippen LogP contribution in [0.25, 0.3) is 11.1 Å². The lowest BCUT2D eigenvalue weighted by Gasteiger charge is -2.10. The lowest BCUT2D eigenvalue weighted by atomic mass is 10.1. The Hall–Kier alpha value is -3.02. The lowest BCUT2D eigenvalue weighted by Crippen LogP contribution is -2.13. The van der Waals surface area contributed by atoms with Gasteiger partial charge >= 0.3 is 5.97 Å². The van der Waals surface area contributed by atoms with Gasteiger partial charge in [-0.2, -0.15) is 0 Å². The summed E-state index contributed by atoms with van der Waals surface area (Å²) < 4.78 is 16.5. The zero-order valence-electron chi connectivity index (χ0n) is 13.1. The molecule has 0 fully saturated rings. The first kappa shape index (κ1) is 15.9. The molecule has 1 heterocycles. The molecule has 0 spiro atoms. The number of aliphatic carboxylic acids is 1. The molecule has 124 valence electrons. The van der Waals surface area contributed by atoms with Crippen molar-refractivity contribution in [1.82, 2.24) is 4.98 Å². The van der Waals surface area contributed by atoms with Gasteiger partial charge < -0.3 is 19.0 Å². The molecule has 1 aromatic heterocycles. The van der Waals surface area contributed by atoms with Gasteiger partial charge in [-0.15, -0.1) is 0 Å². The highest BCUT2D eigenvalue weighted by molar-refractivity contribution is 5.73. The van der Waals surface area contributed by atoms with Crippen LogP contribution in [0.5, 0.6) is 17.2 Å². The van der Waals surface area contributed by atoms with Crippen molar-refractivity contribution in [2.45, 2.75) is 13.3 Å². The largest absolute Gasteiger partial charge is 0.494 e. The third-order valence-corrected chi connectivity index (χ3v) is 3.60. The van der Waals surface area contributed by atoms with E-state index in [4.69, 9.17) is 19.0 Å². The van der Waals surface area contributed by atoms with E-state index in [-0.39, 0.29) is 0 Å². The molecule has 24 heavy (non-hydrogen) atoms. The lowest BCUT2D eigenvalue weighted by molar-refractivity contribution is -0.141. The fraction of sp³-hybridized carbons (Fsp3) is 0.222. The highest BCUT2D eigenvalue weighted by Gasteiger charge is 2.10. The van der Waals surface area contributed by atoms with E-state index in [1.54, 1.807) is 37.3 Å². The highest BCUT2D eigenvalue weighted by atomic mass is 16.5. The van der Waals surface area contributed by atoms with E-state index in [1.165, 1.54) is 6.39 Å². The van der Waals surface area contributed by atoms with Gasteiger partial charge in [0.2, 0.25) is 0 Å². The number of ether oxygens (including phenoxy) is 2. The maximum absolute atomic E-state index is 10.7. The number of carboxylic acid groups (broad SMARTS) is 1. The predicted molar refractivity (Wildman–Crippen MR) is 87.4 cm³/mol. The van der Waals surface area contributed by atoms with Gasteiger partial charge in [0, 0.05) is 6.07 Å². The normalized spacial score (nSPS) is 12.0. The number of benzene rings is 2. The molecule has 0 amide bonds. The maximum atomic E-state index is 10.7. The Morgan fingerprint density at radius 3 is 2.62 bits per heavy atom. The van der Waals surface area contributed by atoms with Crippen molar-refractivity contribution in [3.63, 3.8) is 0 Å². The summed E-state index contributed by atoms with van der Waals surface area (Å²) in [5.41, 5.74) is 1.45. The number of carbonyl (C=O) groups is 1. The van der Waals surface area contributed by atoms with Crippen molar-refractivity contribution in [1.29, 1.82) is 0 Å². The van der Waals surface area contributed by atoms with Crippen molar-refractivity contribution in [3.8, 4) is 17.2 Å². The van der Waals surface area contributed by atoms with Gasteiger partial charge in [0.15, 0.2) is 12.0 Å². The number of oxazole rings is 1. The molecule has 2 aromatic carbocycles. The summed E-state index contributed by atoms with van der Waals surface area (Å²) in [6, 6.07) is 12.6. The Labute approximate surface area is 138 Å². The van der Waals surface area contributed by atoms with Crippen LogP contribution in [0.2, 0.25) is 0 Å². The van der Waals surface area contributed by atoms with E-state index in [0.717, 1.165) is 5.52 Å². The Bertz CT molecular complexity index is 825. The van der Waals surface area contributed by atoms with E-state index in [9.17, 15) is 4.79 Å². The van der Waals surface area contributed by atoms with Crippen LogP contribution in [0.3, 0.4) is 0 Å². The fourth-order valence-corrected chi connectivity index (χ4v) is 2.12. The van der Waals surface area contributed by atoms with Gasteiger partial charge in [-0.1, -0.05) is 6.92 Å². The summed E-state index contributed by atoms with van der Waals surface area (Å²) in [7, 11) is 0. The third kappa shape index (κ3) is 3.84. The van der Waals surface area contributed by atoms with E-state index < -0.39 is 11.9 Å². The smallest absolute Gasteiger partial charge is 0.306 e. The number of nitrogens with zero attached hydrogens (tertiary/aromatic N) is 1. The van der Waals surface area contributed by atoms with Crippen molar-refractivity contribution in [2.24, 2.45) is 5.92 Å². The van der Waals surface area contributed by atoms with Gasteiger partial charge in [-0.25, -0.2) is 4.98 Å². The van der Waals surface area contributed by atoms with Crippen LogP contribution < -0.4 is 9.47 Å². The Morgan fingerprint density at radius 1 is 1.17 bits per heavy atom. The highest BCUT2D eigenvalue weighted by Crippen LogP contribution is 2.26. The minimum atomic E-state index is -0.814. The molecule has 0 aliphatic carbocycles. The molecule has 0 saturated carbocycles. The van der Waals surface area contributed by atoms with Crippen LogP contribution in [0.4, 0.5) is 0 Å². The first-order valence-electron chi connectivity index (χ1n) is 7.58. The molecule has 0 saturated heterocycles. The Morgan fingerprint density at radius 2 is 1.88 bits per heavy atom. The van der Waals surface area contributed by atoms with E-state index in [1.807, 2.05) is 12.1 Å². The molecule has 0 bridgehead atoms. The Balaban J connectivity index is 1.57. The molecule has 3 rings (SSSR count). The summed E-state index contributed by atoms with van der Waals surface area (Å²) in [4.78, 5) is 14.8. The summed E-state index contributed by atoms with van der Waals surface area (Å²) in [5.74, 6) is 0.763. The maximum Gasteiger partial charge on any atom is 0.306 e. The molecular weight excluding hydrogens is 310 g/mol. The fourth-order valence-electron chi connectivity index (χ4n) is 2.12. The topological polar surface area (TPSA) is 81.8 Å². The van der Waals surface area contributed by atoms with Gasteiger partial charge in [-0.05, 0) is 42.8 Å². The predicted octanol–water partition coefficient (Wildman–Crippen LogP) is 4.11. The molecule has 6 heteroatoms. The second kappa shape index (κ2) is 7.04. The number of hydrogen-bond acceptors (Lipinski definition) is 5. The van der Waals surface area contributed by atoms with Crippen LogP contribution in [0.15, 0.2) is 53.3 Å². The summed E-state index contributed by atoms with van der Waals surface area (Å²) in [6.07, 6.45) is 1.86. The number of carboxylic acids is 1. The van der Waals surface area contributed by atoms with Crippen molar-refractivity contribution < 1.29 is 23.8 Å². The Kier molecular flexibility index (Phi) is 4.65. The third-order valence-electron chi connectivity index (χ3n) is 3.60. The standard InChI is InChI=1S/C18H17NO5/c1-12(18(20)21)8-9-22-13-2-4-14(5-3-13)24-15-6-7-16-17(10-15)23-11-19-16/h2-7,10-12H,8-9H2,1H3,(H,20,21). The van der Waals surface area contributed by atoms with Crippen LogP contribution in [0.1, 0.15) is 13.3 Å². The quantitative estimate of drug-likeness (QED) is 0.703. The van der Waals surface area contributed by atoms with Gasteiger partial charge in [0.25, 0.3) is 0 Å². The second-order valence-electron chi connectivity index (χ2n) is 5.43. The number of fused-ring (bicyclic) bond motifs is 1. The number of aromatic nitrogens is 1. The van der Waals surface area contributed by atoms with Crippen molar-refractivity contribution >= 4 is 17.1 Å². The average Bonchev–Trinajstić information content (AvgIpc) is 3.04. The van der Waals surface area contributed by atoms with Crippen LogP contribution in [-0.4, -0.2) is 22.7 Å². The molecule has 0 radical (unpaired) electrons. The number of rotatable bonds is 7. The molecule has 0 aliphatic heterocycles. The van der Waals surface area contributed by atoms with Crippen LogP contribution in [-0.2, 0) is 4.79 Å². The minimum absolute atomic E-state index is 0.357. The van der Waals surface area contributed by atoms with E-state index in [0.29, 0.717) is 35.9 Å². The van der Waals surface area contributed by atoms with Crippen LogP contribution >= 0.6 is 0 Å². The van der Waals surface area contributed by atoms with Gasteiger partial charge in [-0.3, -0.25) is 4.79 Å². The molecule has 6 nitrogen and oxygen atoms in total. The number of hydrogen-bond donors (Lipinski definition) is 1. The summed E-state index contributed by atoms with van der Waals surface area (Å²) in [6.45, 7) is 2.02. The molecule has 1 atom stereocenters. The minimum Gasteiger partial charge on any atom is -0.494 e. The van der Waals surface area contributed by atoms with Gasteiger partial charge in [0.1, 0.15) is 22.8 Å². The first-order valence-corrected chi connectivity index (χ1v) is 7.58. The summed E-state index contributed by atoms with van der Waals surface area (Å²) >= 11 is 0. The van der Waals surface area contributed by atoms with E-state index >= 15 is 0 Å². The molecule has 0 aliphatic rings. The van der Waals surface area contributed by atoms with Gasteiger partial charge in [0.05, 0.1) is 12.5 Å². The van der Waals surface area contributed by atoms with E-state index in [2.05, 4.69) is 4.98 Å². The molecule has 3 aromatic rings. The summed E-state index contributed by atoms with van der Waals surface area (Å²) in [5, 5.41) is 8.83. The van der Waals surface area contributed by atoms with Crippen LogP contribution in [0, 0.1) is 5.92 Å². The zero-order chi connectivity index (χ0) is 16.9. The van der Waals surface area contributed by atoms with Crippen molar-refractivity contribution in [3.05, 3.63) is 48.9 Å². The molecule has 1 N–H and O–H groups in total. The average molecular weight is 327 g/mol. The molecular formula is C18H17NO5. The monoisotopic (exact) mass is 327 g/mol. The van der Waals surface area contributed by atoms with Crippen molar-refractivity contribution in [2.75, 3.05) is 6.61 Å².